The predicted octanol–water partition coefficient (Wildman–Crippen LogP) is 5.01. The van der Waals surface area contributed by atoms with E-state index in [1.807, 2.05) is 0 Å². The summed E-state index contributed by atoms with van der Waals surface area (Å²) in [6.07, 6.45) is 7.32. The Balaban J connectivity index is 0.000000538. The number of nitrogens with zero attached hydrogens (tertiary/aromatic N) is 2. The van der Waals surface area contributed by atoms with Crippen molar-refractivity contribution in [2.24, 2.45) is 0 Å². The largest absolute Gasteiger partial charge is 0.748 e. The van der Waals surface area contributed by atoms with Gasteiger partial charge in [-0.05, 0) is 39.8 Å². The summed E-state index contributed by atoms with van der Waals surface area (Å²) in [6, 6.07) is 8.34. The van der Waals surface area contributed by atoms with E-state index in [2.05, 4.69) is 85.9 Å². The van der Waals surface area contributed by atoms with Crippen LogP contribution in [0.2, 0.25) is 0 Å². The van der Waals surface area contributed by atoms with Gasteiger partial charge in [-0.2, -0.15) is 0 Å². The van der Waals surface area contributed by atoms with Crippen molar-refractivity contribution < 1.29 is 39.5 Å². The van der Waals surface area contributed by atoms with E-state index in [4.69, 9.17) is 69.6 Å². The van der Waals surface area contributed by atoms with Crippen LogP contribution in [0, 0.1) is 13.8 Å². The number of aromatic nitrogens is 2. The fourth-order valence-corrected chi connectivity index (χ4v) is 6.51. The predicted molar refractivity (Wildman–Crippen MR) is 166 cm³/mol. The topological polar surface area (TPSA) is 122 Å². The summed E-state index contributed by atoms with van der Waals surface area (Å²) in [5, 5.41) is -2.62. The fraction of sp³-hybridized carbons (Fsp3) is 0.600. The van der Waals surface area contributed by atoms with Crippen molar-refractivity contribution in [2.45, 2.75) is 85.0 Å². The lowest BCUT2D eigenvalue weighted by Gasteiger charge is -2.37. The van der Waals surface area contributed by atoms with Crippen LogP contribution in [-0.2, 0) is 33.3 Å². The van der Waals surface area contributed by atoms with E-state index in [9.17, 15) is 30.3 Å². The summed E-state index contributed by atoms with van der Waals surface area (Å²) >= 11 is 35.3. The maximum absolute atomic E-state index is 12.1. The molecule has 2 aromatic rings. The third-order valence-electron chi connectivity index (χ3n) is 5.48. The molecule has 242 valence electrons. The Labute approximate surface area is 278 Å². The van der Waals surface area contributed by atoms with Crippen molar-refractivity contribution in [3.8, 4) is 0 Å². The molecule has 0 N–H and O–H groups in total. The molecule has 0 spiro atoms. The third kappa shape index (κ3) is 16.7. The van der Waals surface area contributed by atoms with Crippen LogP contribution in [0.25, 0.3) is 0 Å². The number of hydrogen-bond acceptors (Lipinski definition) is 6. The molecule has 1 aliphatic rings. The van der Waals surface area contributed by atoms with Crippen molar-refractivity contribution in [3.05, 3.63) is 60.2 Å². The Morgan fingerprint density at radius 2 is 1.05 bits per heavy atom. The molecule has 0 saturated heterocycles. The third-order valence-corrected chi connectivity index (χ3v) is 11.1. The molecular weight excluding hydrogens is 720 g/mol. The first-order chi connectivity index (χ1) is 19.2. The standard InChI is InChI=1S/2C8H12N.C6H6Cl6.C3H7FO6S2/c2*1-3-9-6-4-5-8(2)7-9;7-1-2(8)4(10)6(12)5(11)3(1)9;4-3(12(8,9)10)1-2-11(5,6)7/h2*4-7H,3H2,1-2H3;1-6H;3H,1-2H2,(H,5,6,7)(H,8,9,10)/q2*+1;;/p-2. The molecular formula is C25H35Cl6FN2O6S2. The minimum atomic E-state index is -5.15. The molecule has 2 aromatic heterocycles. The van der Waals surface area contributed by atoms with E-state index in [1.165, 1.54) is 11.1 Å². The van der Waals surface area contributed by atoms with Gasteiger partial charge in [0.05, 0.1) is 42.4 Å². The van der Waals surface area contributed by atoms with E-state index >= 15 is 0 Å². The highest BCUT2D eigenvalue weighted by atomic mass is 35.5. The molecule has 0 radical (unpaired) electrons. The minimum Gasteiger partial charge on any atom is -0.748 e. The van der Waals surface area contributed by atoms with Crippen LogP contribution in [0.1, 0.15) is 31.4 Å². The average molecular weight is 755 g/mol. The monoisotopic (exact) mass is 752 g/mol. The molecule has 3 rings (SSSR count). The molecule has 42 heavy (non-hydrogen) atoms. The lowest BCUT2D eigenvalue weighted by molar-refractivity contribution is -0.694. The Morgan fingerprint density at radius 1 is 0.738 bits per heavy atom. The average Bonchev–Trinajstić information content (AvgIpc) is 2.92. The summed E-state index contributed by atoms with van der Waals surface area (Å²) < 4.78 is 75.5. The van der Waals surface area contributed by atoms with E-state index in [-0.39, 0.29) is 0 Å². The number of alkyl halides is 7. The number of aryl methyl sites for hydroxylation is 4. The summed E-state index contributed by atoms with van der Waals surface area (Å²) in [5.41, 5.74) is -0.195. The van der Waals surface area contributed by atoms with Crippen molar-refractivity contribution in [1.82, 2.24) is 0 Å². The maximum atomic E-state index is 12.1. The molecule has 0 bridgehead atoms. The van der Waals surface area contributed by atoms with Gasteiger partial charge in [-0.1, -0.05) is 0 Å². The summed E-state index contributed by atoms with van der Waals surface area (Å²) in [6.45, 7) is 10.6. The van der Waals surface area contributed by atoms with Gasteiger partial charge in [0, 0.05) is 35.4 Å². The van der Waals surface area contributed by atoms with Crippen LogP contribution in [0.15, 0.2) is 49.1 Å². The summed E-state index contributed by atoms with van der Waals surface area (Å²) in [7, 11) is -9.82. The van der Waals surface area contributed by atoms with Gasteiger partial charge in [0.1, 0.15) is 23.2 Å². The molecule has 2 heterocycles. The highest BCUT2D eigenvalue weighted by Crippen LogP contribution is 2.39. The minimum absolute atomic E-state index is 0.437. The molecule has 0 amide bonds. The quantitative estimate of drug-likeness (QED) is 0.232. The van der Waals surface area contributed by atoms with Crippen molar-refractivity contribution in [2.75, 3.05) is 5.75 Å². The highest BCUT2D eigenvalue weighted by Gasteiger charge is 2.46. The Hall–Kier alpha value is -0.210. The van der Waals surface area contributed by atoms with E-state index in [0.717, 1.165) is 13.1 Å². The second kappa shape index (κ2) is 20.0. The van der Waals surface area contributed by atoms with E-state index in [1.54, 1.807) is 0 Å². The first-order valence-electron chi connectivity index (χ1n) is 12.5. The number of pyridine rings is 2. The Bertz CT molecular complexity index is 1190. The van der Waals surface area contributed by atoms with Crippen molar-refractivity contribution in [1.29, 1.82) is 0 Å². The van der Waals surface area contributed by atoms with E-state index in [0.29, 0.717) is 0 Å². The van der Waals surface area contributed by atoms with Gasteiger partial charge in [0.15, 0.2) is 30.3 Å². The molecule has 1 atom stereocenters. The van der Waals surface area contributed by atoms with Crippen LogP contribution in [-0.4, -0.2) is 69.5 Å². The van der Waals surface area contributed by atoms with Gasteiger partial charge < -0.3 is 9.11 Å². The molecule has 1 fully saturated rings. The summed E-state index contributed by atoms with van der Waals surface area (Å²) in [5.74, 6) is -1.20. The van der Waals surface area contributed by atoms with Gasteiger partial charge >= 0.3 is 0 Å². The van der Waals surface area contributed by atoms with Crippen molar-refractivity contribution in [3.63, 3.8) is 0 Å². The second-order valence-electron chi connectivity index (χ2n) is 9.04. The van der Waals surface area contributed by atoms with Crippen LogP contribution < -0.4 is 9.13 Å². The van der Waals surface area contributed by atoms with Gasteiger partial charge in [0.2, 0.25) is 0 Å². The maximum Gasteiger partial charge on any atom is 0.190 e. The van der Waals surface area contributed by atoms with E-state index < -0.39 is 70.2 Å². The SMILES string of the molecule is CC[n+]1cccc(C)c1.CC[n+]1cccc(C)c1.ClC1C(Cl)C(Cl)C(Cl)C(Cl)C1Cl.O=S(=O)([O-])CCC(F)S(=O)(=O)[O-]. The van der Waals surface area contributed by atoms with Crippen LogP contribution in [0.4, 0.5) is 4.39 Å². The number of rotatable bonds is 6. The molecule has 8 nitrogen and oxygen atoms in total. The van der Waals surface area contributed by atoms with Crippen LogP contribution in [0.3, 0.4) is 0 Å². The van der Waals surface area contributed by atoms with Gasteiger partial charge in [-0.25, -0.2) is 30.4 Å². The van der Waals surface area contributed by atoms with Crippen LogP contribution in [0.5, 0.6) is 0 Å². The second-order valence-corrected chi connectivity index (χ2v) is 15.1. The van der Waals surface area contributed by atoms with Gasteiger partial charge in [-0.3, -0.25) is 0 Å². The zero-order valence-corrected chi connectivity index (χ0v) is 29.5. The molecule has 1 saturated carbocycles. The molecule has 0 aliphatic heterocycles. The fourth-order valence-electron chi connectivity index (χ4n) is 3.13. The number of hydrogen-bond donors (Lipinski definition) is 0. The van der Waals surface area contributed by atoms with Gasteiger partial charge in [-0.15, -0.1) is 69.6 Å². The molecule has 1 aliphatic carbocycles. The smallest absolute Gasteiger partial charge is 0.190 e. The highest BCUT2D eigenvalue weighted by molar-refractivity contribution is 7.86. The normalized spacial score (nSPS) is 24.5. The first-order valence-corrected chi connectivity index (χ1v) is 18.2. The first kappa shape index (κ1) is 41.8. The molecule has 1 unspecified atom stereocenters. The molecule has 0 aromatic carbocycles. The Morgan fingerprint density at radius 3 is 1.24 bits per heavy atom. The Kier molecular flexibility index (Phi) is 19.9. The van der Waals surface area contributed by atoms with Gasteiger partial charge in [0.25, 0.3) is 0 Å². The summed E-state index contributed by atoms with van der Waals surface area (Å²) in [4.78, 5) is 0. The van der Waals surface area contributed by atoms with Crippen molar-refractivity contribution >= 4 is 89.8 Å². The molecule has 17 heteroatoms. The number of halogens is 7. The zero-order chi connectivity index (χ0) is 32.8. The lowest BCUT2D eigenvalue weighted by atomic mass is 9.97. The lowest BCUT2D eigenvalue weighted by Crippen LogP contribution is -2.52. The zero-order valence-electron chi connectivity index (χ0n) is 23.3. The van der Waals surface area contributed by atoms with Crippen LogP contribution >= 0.6 is 69.6 Å².